The topological polar surface area (TPSA) is 15.3 Å². The van der Waals surface area contributed by atoms with E-state index >= 15 is 0 Å². The second kappa shape index (κ2) is 4.43. The Labute approximate surface area is 89.9 Å². The molecule has 1 aliphatic rings. The first-order chi connectivity index (χ1) is 6.74. The summed E-state index contributed by atoms with van der Waals surface area (Å²) in [5.41, 5.74) is 0. The standard InChI is InChI=1S/C11H18N2S/c1-9-6-13(7-10(2)12-9)8-11-4-3-5-14-11/h3-5,9-10,12H,6-8H2,1-2H3. The van der Waals surface area contributed by atoms with Crippen LogP contribution in [0.15, 0.2) is 17.5 Å². The van der Waals surface area contributed by atoms with E-state index in [9.17, 15) is 0 Å². The number of thiophene rings is 1. The normalized spacial score (nSPS) is 29.3. The molecular formula is C11H18N2S. The van der Waals surface area contributed by atoms with Gasteiger partial charge in [-0.1, -0.05) is 6.07 Å². The van der Waals surface area contributed by atoms with Gasteiger partial charge in [0, 0.05) is 36.6 Å². The lowest BCUT2D eigenvalue weighted by Crippen LogP contribution is -2.53. The molecule has 0 aliphatic carbocycles. The molecule has 0 radical (unpaired) electrons. The summed E-state index contributed by atoms with van der Waals surface area (Å²) < 4.78 is 0. The van der Waals surface area contributed by atoms with E-state index in [4.69, 9.17) is 0 Å². The maximum atomic E-state index is 3.55. The number of rotatable bonds is 2. The Hall–Kier alpha value is -0.380. The van der Waals surface area contributed by atoms with Gasteiger partial charge in [0.05, 0.1) is 0 Å². The molecule has 3 heteroatoms. The Balaban J connectivity index is 1.91. The minimum absolute atomic E-state index is 0.624. The van der Waals surface area contributed by atoms with Crippen molar-refractivity contribution < 1.29 is 0 Å². The second-order valence-electron chi connectivity index (χ2n) is 4.24. The van der Waals surface area contributed by atoms with Crippen molar-refractivity contribution in [1.29, 1.82) is 0 Å². The zero-order valence-electron chi connectivity index (χ0n) is 8.86. The van der Waals surface area contributed by atoms with Gasteiger partial charge in [0.25, 0.3) is 0 Å². The fourth-order valence-electron chi connectivity index (χ4n) is 2.19. The lowest BCUT2D eigenvalue weighted by Gasteiger charge is -2.35. The molecule has 2 nitrogen and oxygen atoms in total. The highest BCUT2D eigenvalue weighted by molar-refractivity contribution is 7.09. The molecule has 0 bridgehead atoms. The van der Waals surface area contributed by atoms with Gasteiger partial charge in [0.2, 0.25) is 0 Å². The van der Waals surface area contributed by atoms with Crippen LogP contribution in [0.5, 0.6) is 0 Å². The van der Waals surface area contributed by atoms with Crippen molar-refractivity contribution >= 4 is 11.3 Å². The number of hydrogen-bond donors (Lipinski definition) is 1. The predicted octanol–water partition coefficient (Wildman–Crippen LogP) is 1.93. The second-order valence-corrected chi connectivity index (χ2v) is 5.27. The molecule has 2 rings (SSSR count). The number of nitrogens with zero attached hydrogens (tertiary/aromatic N) is 1. The van der Waals surface area contributed by atoms with Crippen LogP contribution in [0.3, 0.4) is 0 Å². The molecule has 2 unspecified atom stereocenters. The Morgan fingerprint density at radius 3 is 2.71 bits per heavy atom. The Kier molecular flexibility index (Phi) is 3.21. The van der Waals surface area contributed by atoms with E-state index in [-0.39, 0.29) is 0 Å². The third kappa shape index (κ3) is 2.56. The van der Waals surface area contributed by atoms with Gasteiger partial charge in [0.15, 0.2) is 0 Å². The molecule has 0 spiro atoms. The van der Waals surface area contributed by atoms with Crippen molar-refractivity contribution in [2.75, 3.05) is 13.1 Å². The van der Waals surface area contributed by atoms with Gasteiger partial charge in [-0.15, -0.1) is 11.3 Å². The molecule has 0 aromatic carbocycles. The van der Waals surface area contributed by atoms with Gasteiger partial charge >= 0.3 is 0 Å². The maximum absolute atomic E-state index is 3.55. The van der Waals surface area contributed by atoms with Crippen LogP contribution < -0.4 is 5.32 Å². The highest BCUT2D eigenvalue weighted by Crippen LogP contribution is 2.14. The van der Waals surface area contributed by atoms with Crippen molar-refractivity contribution in [3.63, 3.8) is 0 Å². The van der Waals surface area contributed by atoms with Crippen LogP contribution in [0.1, 0.15) is 18.7 Å². The Morgan fingerprint density at radius 1 is 1.43 bits per heavy atom. The van der Waals surface area contributed by atoms with E-state index in [1.54, 1.807) is 0 Å². The van der Waals surface area contributed by atoms with E-state index in [1.807, 2.05) is 11.3 Å². The molecule has 0 saturated carbocycles. The molecule has 1 saturated heterocycles. The lowest BCUT2D eigenvalue weighted by molar-refractivity contribution is 0.168. The summed E-state index contributed by atoms with van der Waals surface area (Å²) in [4.78, 5) is 4.02. The van der Waals surface area contributed by atoms with Gasteiger partial charge in [-0.05, 0) is 25.3 Å². The van der Waals surface area contributed by atoms with E-state index in [0.29, 0.717) is 12.1 Å². The van der Waals surface area contributed by atoms with E-state index < -0.39 is 0 Å². The molecule has 0 amide bonds. The third-order valence-electron chi connectivity index (χ3n) is 2.59. The molecule has 14 heavy (non-hydrogen) atoms. The molecule has 2 atom stereocenters. The van der Waals surface area contributed by atoms with Crippen LogP contribution in [0.4, 0.5) is 0 Å². The van der Waals surface area contributed by atoms with Crippen molar-refractivity contribution in [2.24, 2.45) is 0 Å². The molecule has 78 valence electrons. The largest absolute Gasteiger partial charge is 0.309 e. The molecule has 1 N–H and O–H groups in total. The number of nitrogens with one attached hydrogen (secondary N) is 1. The smallest absolute Gasteiger partial charge is 0.0329 e. The Morgan fingerprint density at radius 2 is 2.14 bits per heavy atom. The first-order valence-corrected chi connectivity index (χ1v) is 6.13. The third-order valence-corrected chi connectivity index (χ3v) is 3.45. The lowest BCUT2D eigenvalue weighted by atomic mass is 10.1. The monoisotopic (exact) mass is 210 g/mol. The van der Waals surface area contributed by atoms with Gasteiger partial charge in [-0.2, -0.15) is 0 Å². The highest BCUT2D eigenvalue weighted by atomic mass is 32.1. The molecule has 2 heterocycles. The fourth-order valence-corrected chi connectivity index (χ4v) is 2.94. The van der Waals surface area contributed by atoms with E-state index in [0.717, 1.165) is 6.54 Å². The van der Waals surface area contributed by atoms with Crippen molar-refractivity contribution in [2.45, 2.75) is 32.5 Å². The van der Waals surface area contributed by atoms with E-state index in [1.165, 1.54) is 18.0 Å². The summed E-state index contributed by atoms with van der Waals surface area (Å²) >= 11 is 1.86. The Bertz CT molecular complexity index is 261. The summed E-state index contributed by atoms with van der Waals surface area (Å²) in [6.45, 7) is 7.98. The van der Waals surface area contributed by atoms with Gasteiger partial charge in [-0.25, -0.2) is 0 Å². The summed E-state index contributed by atoms with van der Waals surface area (Å²) in [5, 5.41) is 5.71. The summed E-state index contributed by atoms with van der Waals surface area (Å²) in [6.07, 6.45) is 0. The van der Waals surface area contributed by atoms with Crippen molar-refractivity contribution in [1.82, 2.24) is 10.2 Å². The molecule has 1 fully saturated rings. The molecular weight excluding hydrogens is 192 g/mol. The highest BCUT2D eigenvalue weighted by Gasteiger charge is 2.20. The molecule has 1 aromatic heterocycles. The van der Waals surface area contributed by atoms with Crippen molar-refractivity contribution in [3.8, 4) is 0 Å². The zero-order chi connectivity index (χ0) is 9.97. The van der Waals surface area contributed by atoms with Gasteiger partial charge in [0.1, 0.15) is 0 Å². The quantitative estimate of drug-likeness (QED) is 0.802. The number of piperazine rings is 1. The van der Waals surface area contributed by atoms with E-state index in [2.05, 4.69) is 41.6 Å². The van der Waals surface area contributed by atoms with Gasteiger partial charge < -0.3 is 5.32 Å². The summed E-state index contributed by atoms with van der Waals surface area (Å²) in [5.74, 6) is 0. The van der Waals surface area contributed by atoms with Crippen LogP contribution in [0.2, 0.25) is 0 Å². The maximum Gasteiger partial charge on any atom is 0.0329 e. The van der Waals surface area contributed by atoms with Crippen LogP contribution >= 0.6 is 11.3 Å². The fraction of sp³-hybridized carbons (Fsp3) is 0.636. The van der Waals surface area contributed by atoms with Crippen LogP contribution in [0.25, 0.3) is 0 Å². The van der Waals surface area contributed by atoms with Crippen LogP contribution in [-0.2, 0) is 6.54 Å². The first kappa shape index (κ1) is 10.1. The number of hydrogen-bond acceptors (Lipinski definition) is 3. The molecule has 1 aromatic rings. The zero-order valence-corrected chi connectivity index (χ0v) is 9.68. The van der Waals surface area contributed by atoms with Crippen molar-refractivity contribution in [3.05, 3.63) is 22.4 Å². The minimum Gasteiger partial charge on any atom is -0.309 e. The molecule has 1 aliphatic heterocycles. The van der Waals surface area contributed by atoms with Crippen LogP contribution in [-0.4, -0.2) is 30.1 Å². The summed E-state index contributed by atoms with van der Waals surface area (Å²) in [7, 11) is 0. The first-order valence-electron chi connectivity index (χ1n) is 5.25. The predicted molar refractivity (Wildman–Crippen MR) is 61.7 cm³/mol. The minimum atomic E-state index is 0.624. The average molecular weight is 210 g/mol. The average Bonchev–Trinajstić information content (AvgIpc) is 2.54. The van der Waals surface area contributed by atoms with Gasteiger partial charge in [-0.3, -0.25) is 4.90 Å². The van der Waals surface area contributed by atoms with Crippen LogP contribution in [0, 0.1) is 0 Å². The SMILES string of the molecule is CC1CN(Cc2cccs2)CC(C)N1. The summed E-state index contributed by atoms with van der Waals surface area (Å²) in [6, 6.07) is 5.61.